The fraction of sp³-hybridized carbons (Fsp3) is 0. The number of benzene rings is 2. The molecule has 2 N–H and O–H groups in total. The summed E-state index contributed by atoms with van der Waals surface area (Å²) < 4.78 is 0. The maximum Gasteiger partial charge on any atom is 2.00 e. The van der Waals surface area contributed by atoms with Gasteiger partial charge in [-0.1, -0.05) is 0 Å². The molecule has 2 aromatic rings. The maximum atomic E-state index is 11.1. The van der Waals surface area contributed by atoms with Crippen molar-refractivity contribution in [3.63, 3.8) is 0 Å². The molecule has 0 spiro atoms. The Hall–Kier alpha value is -3.30. The number of carbonyl (C=O) groups is 10. The summed E-state index contributed by atoms with van der Waals surface area (Å²) in [6, 6.07) is 0. The summed E-state index contributed by atoms with van der Waals surface area (Å²) in [6.45, 7) is 0. The van der Waals surface area contributed by atoms with Gasteiger partial charge < -0.3 is 115 Å². The molecule has 0 aliphatic rings. The number of hydrogen-bond acceptors (Lipinski definition) is 20. The molecule has 0 fully saturated rings. The van der Waals surface area contributed by atoms with Gasteiger partial charge in [0.2, 0.25) is 0 Å². The molecule has 0 aromatic heterocycles. The van der Waals surface area contributed by atoms with E-state index < -0.39 is 125 Å². The topological polar surface area (TPSA) is 396 Å². The Morgan fingerprint density at radius 2 is 0.429 bits per heavy atom. The maximum absolute atomic E-state index is 11.1. The van der Waals surface area contributed by atoms with Crippen LogP contribution in [0.3, 0.4) is 0 Å². The van der Waals surface area contributed by atoms with Crippen LogP contribution in [0, 0.1) is 0 Å². The third-order valence-corrected chi connectivity index (χ3v) is 5.79. The van der Waals surface area contributed by atoms with Crippen LogP contribution >= 0.6 is 0 Å². The van der Waals surface area contributed by atoms with E-state index in [1.807, 2.05) is 0 Å². The number of carboxylic acids is 10. The van der Waals surface area contributed by atoms with E-state index in [4.69, 9.17) is 10.2 Å². The van der Waals surface area contributed by atoms with E-state index in [1.165, 1.54) is 0 Å². The summed E-state index contributed by atoms with van der Waals surface area (Å²) in [5.41, 5.74) is -16.0. The predicted octanol–water partition coefficient (Wildman–Crippen LogP) is -10.5. The van der Waals surface area contributed by atoms with E-state index in [2.05, 4.69) is 25.3 Å². The molecular weight excluding hydrogens is 975 g/mol. The van der Waals surface area contributed by atoms with Crippen LogP contribution in [-0.2, 0) is 123 Å². The molecule has 0 unspecified atom stereocenters. The van der Waals surface area contributed by atoms with E-state index in [0.717, 1.165) is 0 Å². The van der Waals surface area contributed by atoms with Gasteiger partial charge in [-0.25, -0.2) is 9.59 Å². The molecule has 0 saturated heterocycles. The number of hydrogen-bond donors (Lipinski definition) is 2. The summed E-state index contributed by atoms with van der Waals surface area (Å²) >= 11 is 8.79. The van der Waals surface area contributed by atoms with Crippen molar-refractivity contribution in [2.45, 2.75) is 9.79 Å². The van der Waals surface area contributed by atoms with Crippen LogP contribution < -0.4 is 40.9 Å². The van der Waals surface area contributed by atoms with Gasteiger partial charge in [-0.2, -0.15) is 9.79 Å². The number of rotatable bonds is 10. The van der Waals surface area contributed by atoms with Gasteiger partial charge in [0.15, 0.2) is 0 Å². The zero-order valence-corrected chi connectivity index (χ0v) is 40.1. The Bertz CT molecular complexity index is 1540. The van der Waals surface area contributed by atoms with Gasteiger partial charge >= 0.3 is 109 Å². The molecular formula is C22H2O20S2Zn5. The van der Waals surface area contributed by atoms with Gasteiger partial charge in [-0.3, -0.25) is 0 Å². The normalized spacial score (nSPS) is 8.98. The minimum atomic E-state index is -2.46. The second-order valence-corrected chi connectivity index (χ2v) is 8.13. The Balaban J connectivity index is -0.000000239. The number of carbonyl (C=O) groups excluding carboxylic acids is 8. The quantitative estimate of drug-likeness (QED) is 0.165. The first kappa shape index (κ1) is 55.1. The first-order chi connectivity index (χ1) is 20.0. The molecule has 49 heavy (non-hydrogen) atoms. The number of carboxylic acid groups (broad SMARTS) is 10. The van der Waals surface area contributed by atoms with Crippen LogP contribution in [0.4, 0.5) is 0 Å². The summed E-state index contributed by atoms with van der Waals surface area (Å²) in [6.07, 6.45) is 0. The van der Waals surface area contributed by atoms with Crippen molar-refractivity contribution in [2.75, 3.05) is 0 Å². The van der Waals surface area contributed by atoms with Gasteiger partial charge in [0.1, 0.15) is 0 Å². The van der Waals surface area contributed by atoms with Crippen molar-refractivity contribution in [1.29, 1.82) is 0 Å². The molecule has 232 valence electrons. The minimum absolute atomic E-state index is 0. The third kappa shape index (κ3) is 11.4. The summed E-state index contributed by atoms with van der Waals surface area (Å²) in [4.78, 5) is 107. The van der Waals surface area contributed by atoms with Gasteiger partial charge in [-0.15, -0.1) is 0 Å². The molecule has 0 bridgehead atoms. The average molecular weight is 977 g/mol. The average Bonchev–Trinajstić information content (AvgIpc) is 2.85. The molecule has 0 atom stereocenters. The van der Waals surface area contributed by atoms with Crippen molar-refractivity contribution in [3.8, 4) is 0 Å². The van der Waals surface area contributed by atoms with Crippen LogP contribution in [0.15, 0.2) is 9.79 Å². The zero-order valence-electron chi connectivity index (χ0n) is 23.6. The van der Waals surface area contributed by atoms with Crippen LogP contribution in [0.1, 0.15) is 104 Å². The zero-order chi connectivity index (χ0) is 34.7. The summed E-state index contributed by atoms with van der Waals surface area (Å²) in [5, 5.41) is 105. The van der Waals surface area contributed by atoms with Gasteiger partial charge in [0.05, 0.1) is 58.9 Å². The predicted molar refractivity (Wildman–Crippen MR) is 113 cm³/mol. The monoisotopic (exact) mass is 970 g/mol. The van der Waals surface area contributed by atoms with E-state index in [-0.39, 0.29) is 97.4 Å². The fourth-order valence-corrected chi connectivity index (χ4v) is 4.22. The standard InChI is InChI=1S/2C11H6O10S.5Zn/c2*12-7(13)1-2(8(14)15)4(10(18)19)6(22)5(11(20)21)3(1)9(16)17;;;;;/h2*22H,(H,12,13)(H,14,15)(H,16,17)(H,18,19)(H,20,21);;;;;/q;;5*+2/p-10. The van der Waals surface area contributed by atoms with Gasteiger partial charge in [0, 0.05) is 22.3 Å². The molecule has 2 rings (SSSR count). The van der Waals surface area contributed by atoms with E-state index in [9.17, 15) is 88.8 Å². The Morgan fingerprint density at radius 1 is 0.306 bits per heavy atom. The molecule has 0 heterocycles. The third-order valence-electron chi connectivity index (χ3n) is 4.97. The van der Waals surface area contributed by atoms with Crippen molar-refractivity contribution < 1.29 is 196 Å². The van der Waals surface area contributed by atoms with E-state index >= 15 is 0 Å². The van der Waals surface area contributed by atoms with Crippen LogP contribution in [-0.4, -0.2) is 69.9 Å². The summed E-state index contributed by atoms with van der Waals surface area (Å²) in [5.74, 6) is -23.5. The molecule has 20 nitrogen and oxygen atoms in total. The largest absolute Gasteiger partial charge is 2.00 e. The minimum Gasteiger partial charge on any atom is -0.778 e. The Kier molecular flexibility index (Phi) is 24.4. The van der Waals surface area contributed by atoms with Crippen molar-refractivity contribution in [1.82, 2.24) is 0 Å². The molecule has 27 heteroatoms. The summed E-state index contributed by atoms with van der Waals surface area (Å²) in [7, 11) is 0. The second kappa shape index (κ2) is 21.7. The fourth-order valence-electron chi connectivity index (χ4n) is 3.48. The molecule has 0 amide bonds. The van der Waals surface area contributed by atoms with Crippen molar-refractivity contribution in [2.24, 2.45) is 0 Å². The van der Waals surface area contributed by atoms with Gasteiger partial charge in [-0.05, 0) is 22.3 Å². The first-order valence-corrected chi connectivity index (χ1v) is 10.8. The van der Waals surface area contributed by atoms with Crippen LogP contribution in [0.5, 0.6) is 0 Å². The second-order valence-electron chi connectivity index (χ2n) is 7.32. The molecule has 0 saturated carbocycles. The Morgan fingerprint density at radius 3 is 0.551 bits per heavy atom. The van der Waals surface area contributed by atoms with Crippen molar-refractivity contribution in [3.05, 3.63) is 55.6 Å². The van der Waals surface area contributed by atoms with E-state index in [1.54, 1.807) is 0 Å². The van der Waals surface area contributed by atoms with Crippen LogP contribution in [0.2, 0.25) is 0 Å². The Labute approximate surface area is 343 Å². The molecule has 0 aliphatic carbocycles. The number of aromatic carboxylic acids is 10. The van der Waals surface area contributed by atoms with Crippen LogP contribution in [0.25, 0.3) is 0 Å². The van der Waals surface area contributed by atoms with Crippen molar-refractivity contribution >= 4 is 85.0 Å². The van der Waals surface area contributed by atoms with Gasteiger partial charge in [0.25, 0.3) is 0 Å². The molecule has 2 aromatic carbocycles. The first-order valence-electron chi connectivity index (χ1n) is 10.0. The smallest absolute Gasteiger partial charge is 0.778 e. The molecule has 0 radical (unpaired) electrons. The van der Waals surface area contributed by atoms with E-state index in [0.29, 0.717) is 0 Å². The molecule has 0 aliphatic heterocycles. The SMILES string of the molecule is O=C([O-])c1c([S-])c(C(=O)[O-])c(C(=O)O)c(C(=O)[O-])c1C(=O)[O-].O=C([O-])c1c([S-])c(C(=O)[O-])c(C(=O)O)c(C(=O)[O-])c1C(=O)[O-].[Zn+2].[Zn+2].[Zn+2].[Zn+2].[Zn+2].